The smallest absolute Gasteiger partial charge is 0.120 e. The van der Waals surface area contributed by atoms with Crippen molar-refractivity contribution in [3.8, 4) is 0 Å². The van der Waals surface area contributed by atoms with Crippen LogP contribution in [0.2, 0.25) is 0 Å². The molecule has 0 saturated heterocycles. The van der Waals surface area contributed by atoms with Crippen LogP contribution in [0.5, 0.6) is 0 Å². The minimum Gasteiger partial charge on any atom is -0.375 e. The Balaban J connectivity index is 1.81. The number of ether oxygens (including phenoxy) is 1. The Morgan fingerprint density at radius 3 is 2.60 bits per heavy atom. The summed E-state index contributed by atoms with van der Waals surface area (Å²) in [6, 6.07) is 0. The monoisotopic (exact) mass is 210 g/mol. The highest BCUT2D eigenvalue weighted by Gasteiger charge is 2.45. The topological polar surface area (TPSA) is 26.3 Å². The number of carbonyl (C=O) groups is 1. The molecule has 0 aromatic heterocycles. The lowest BCUT2D eigenvalue weighted by molar-refractivity contribution is -0.108. The van der Waals surface area contributed by atoms with Gasteiger partial charge in [-0.15, -0.1) is 0 Å². The number of aldehydes is 1. The fraction of sp³-hybridized carbons (Fsp3) is 0.923. The molecule has 0 heterocycles. The molecular weight excluding hydrogens is 188 g/mol. The molecule has 2 saturated carbocycles. The zero-order valence-electron chi connectivity index (χ0n) is 9.82. The highest BCUT2D eigenvalue weighted by Crippen LogP contribution is 2.51. The predicted octanol–water partition coefficient (Wildman–Crippen LogP) is 2.81. The molecule has 2 aliphatic carbocycles. The molecule has 86 valence electrons. The van der Waals surface area contributed by atoms with E-state index in [0.717, 1.165) is 36.9 Å². The molecule has 0 amide bonds. The van der Waals surface area contributed by atoms with E-state index in [2.05, 4.69) is 13.8 Å². The van der Waals surface area contributed by atoms with Crippen molar-refractivity contribution >= 4 is 6.29 Å². The Hall–Kier alpha value is -0.370. The maximum absolute atomic E-state index is 10.4. The first-order valence-corrected chi connectivity index (χ1v) is 6.29. The summed E-state index contributed by atoms with van der Waals surface area (Å²) in [5.74, 6) is 2.44. The number of hydrogen-bond donors (Lipinski definition) is 0. The van der Waals surface area contributed by atoms with E-state index in [0.29, 0.717) is 12.2 Å². The van der Waals surface area contributed by atoms with Crippen molar-refractivity contribution in [2.75, 3.05) is 0 Å². The summed E-state index contributed by atoms with van der Waals surface area (Å²) >= 11 is 0. The summed E-state index contributed by atoms with van der Waals surface area (Å²) < 4.78 is 5.93. The second-order valence-electron chi connectivity index (χ2n) is 5.45. The normalized spacial score (nSPS) is 38.9. The molecule has 0 aromatic rings. The molecule has 2 aliphatic rings. The van der Waals surface area contributed by atoms with E-state index >= 15 is 0 Å². The average Bonchev–Trinajstić information content (AvgIpc) is 2.72. The van der Waals surface area contributed by atoms with Crippen LogP contribution in [0, 0.1) is 17.8 Å². The molecular formula is C13H22O2. The van der Waals surface area contributed by atoms with Crippen molar-refractivity contribution in [3.05, 3.63) is 0 Å². The summed E-state index contributed by atoms with van der Waals surface area (Å²) in [5.41, 5.74) is 0. The lowest BCUT2D eigenvalue weighted by Crippen LogP contribution is -2.27. The van der Waals surface area contributed by atoms with Crippen LogP contribution in [0.3, 0.4) is 0 Å². The minimum absolute atomic E-state index is 0.364. The molecule has 0 spiro atoms. The molecule has 2 bridgehead atoms. The van der Waals surface area contributed by atoms with Crippen molar-refractivity contribution in [2.24, 2.45) is 17.8 Å². The SMILES string of the molecule is CC(C)OC1CC2CC1CC2CCC=O. The van der Waals surface area contributed by atoms with Gasteiger partial charge in [0.2, 0.25) is 0 Å². The van der Waals surface area contributed by atoms with Crippen LogP contribution in [0.25, 0.3) is 0 Å². The average molecular weight is 210 g/mol. The highest BCUT2D eigenvalue weighted by atomic mass is 16.5. The predicted molar refractivity (Wildman–Crippen MR) is 59.6 cm³/mol. The number of fused-ring (bicyclic) bond motifs is 2. The second-order valence-corrected chi connectivity index (χ2v) is 5.45. The van der Waals surface area contributed by atoms with Gasteiger partial charge in [0, 0.05) is 6.42 Å². The van der Waals surface area contributed by atoms with Gasteiger partial charge in [-0.05, 0) is 57.3 Å². The molecule has 0 N–H and O–H groups in total. The fourth-order valence-corrected chi connectivity index (χ4v) is 3.49. The van der Waals surface area contributed by atoms with E-state index in [9.17, 15) is 4.79 Å². The summed E-state index contributed by atoms with van der Waals surface area (Å²) in [7, 11) is 0. The van der Waals surface area contributed by atoms with Crippen molar-refractivity contribution < 1.29 is 9.53 Å². The third-order valence-corrected chi connectivity index (χ3v) is 4.04. The maximum atomic E-state index is 10.4. The molecule has 0 aromatic carbocycles. The fourth-order valence-electron chi connectivity index (χ4n) is 3.49. The van der Waals surface area contributed by atoms with Gasteiger partial charge < -0.3 is 9.53 Å². The molecule has 4 atom stereocenters. The third kappa shape index (κ3) is 2.41. The van der Waals surface area contributed by atoms with Gasteiger partial charge >= 0.3 is 0 Å². The summed E-state index contributed by atoms with van der Waals surface area (Å²) in [4.78, 5) is 10.4. The summed E-state index contributed by atoms with van der Waals surface area (Å²) in [6.07, 6.45) is 7.70. The molecule has 0 radical (unpaired) electrons. The maximum Gasteiger partial charge on any atom is 0.120 e. The van der Waals surface area contributed by atoms with E-state index < -0.39 is 0 Å². The lowest BCUT2D eigenvalue weighted by atomic mass is 9.84. The Bertz CT molecular complexity index is 225. The van der Waals surface area contributed by atoms with Crippen molar-refractivity contribution in [2.45, 2.75) is 58.2 Å². The Morgan fingerprint density at radius 1 is 1.27 bits per heavy atom. The van der Waals surface area contributed by atoms with E-state index in [1.165, 1.54) is 19.3 Å². The van der Waals surface area contributed by atoms with Crippen LogP contribution in [-0.4, -0.2) is 18.5 Å². The second kappa shape index (κ2) is 4.65. The standard InChI is InChI=1S/C13H22O2/c1-9(2)15-13-8-11-7-12(13)6-10(11)4-3-5-14/h5,9-13H,3-4,6-8H2,1-2H3. The Kier molecular flexibility index (Phi) is 3.45. The highest BCUT2D eigenvalue weighted by molar-refractivity contribution is 5.49. The van der Waals surface area contributed by atoms with Gasteiger partial charge in [-0.3, -0.25) is 0 Å². The van der Waals surface area contributed by atoms with Crippen LogP contribution in [0.4, 0.5) is 0 Å². The van der Waals surface area contributed by atoms with Gasteiger partial charge in [-0.1, -0.05) is 0 Å². The number of carbonyl (C=O) groups excluding carboxylic acids is 1. The van der Waals surface area contributed by atoms with Gasteiger partial charge in [-0.2, -0.15) is 0 Å². The van der Waals surface area contributed by atoms with Crippen LogP contribution in [0.15, 0.2) is 0 Å². The summed E-state index contributed by atoms with van der Waals surface area (Å²) in [6.45, 7) is 4.24. The first-order chi connectivity index (χ1) is 7.20. The zero-order chi connectivity index (χ0) is 10.8. The van der Waals surface area contributed by atoms with Crippen LogP contribution in [-0.2, 0) is 9.53 Å². The lowest BCUT2D eigenvalue weighted by Gasteiger charge is -2.29. The largest absolute Gasteiger partial charge is 0.375 e. The third-order valence-electron chi connectivity index (χ3n) is 4.04. The van der Waals surface area contributed by atoms with Gasteiger partial charge in [0.05, 0.1) is 12.2 Å². The van der Waals surface area contributed by atoms with Gasteiger partial charge in [0.1, 0.15) is 6.29 Å². The van der Waals surface area contributed by atoms with Gasteiger partial charge in [0.25, 0.3) is 0 Å². The van der Waals surface area contributed by atoms with Crippen molar-refractivity contribution in [1.29, 1.82) is 0 Å². The Labute approximate surface area is 92.4 Å². The first-order valence-electron chi connectivity index (χ1n) is 6.29. The zero-order valence-corrected chi connectivity index (χ0v) is 9.82. The van der Waals surface area contributed by atoms with Crippen LogP contribution >= 0.6 is 0 Å². The van der Waals surface area contributed by atoms with E-state index in [-0.39, 0.29) is 0 Å². The molecule has 2 fully saturated rings. The number of rotatable bonds is 5. The van der Waals surface area contributed by atoms with Crippen molar-refractivity contribution in [3.63, 3.8) is 0 Å². The first kappa shape index (κ1) is 11.1. The van der Waals surface area contributed by atoms with Crippen molar-refractivity contribution in [1.82, 2.24) is 0 Å². The number of hydrogen-bond acceptors (Lipinski definition) is 2. The van der Waals surface area contributed by atoms with E-state index in [1.807, 2.05) is 0 Å². The Morgan fingerprint density at radius 2 is 2.07 bits per heavy atom. The van der Waals surface area contributed by atoms with Crippen LogP contribution in [0.1, 0.15) is 46.0 Å². The van der Waals surface area contributed by atoms with E-state index in [1.54, 1.807) is 0 Å². The van der Waals surface area contributed by atoms with E-state index in [4.69, 9.17) is 4.74 Å². The summed E-state index contributed by atoms with van der Waals surface area (Å²) in [5, 5.41) is 0. The molecule has 2 nitrogen and oxygen atoms in total. The molecule has 15 heavy (non-hydrogen) atoms. The van der Waals surface area contributed by atoms with Gasteiger partial charge in [-0.25, -0.2) is 0 Å². The van der Waals surface area contributed by atoms with Crippen LogP contribution < -0.4 is 0 Å². The molecule has 0 aliphatic heterocycles. The van der Waals surface area contributed by atoms with Gasteiger partial charge in [0.15, 0.2) is 0 Å². The minimum atomic E-state index is 0.364. The molecule has 2 heteroatoms. The quantitative estimate of drug-likeness (QED) is 0.652. The molecule has 2 rings (SSSR count). The molecule has 4 unspecified atom stereocenters.